The number of hydrogen-bond acceptors (Lipinski definition) is 5. The number of hydrogen-bond donors (Lipinski definition) is 0. The van der Waals surface area contributed by atoms with Gasteiger partial charge in [-0.2, -0.15) is 9.29 Å². The van der Waals surface area contributed by atoms with E-state index in [0.717, 1.165) is 25.7 Å². The minimum absolute atomic E-state index is 0.306. The van der Waals surface area contributed by atoms with E-state index < -0.39 is 10.0 Å². The topological polar surface area (TPSA) is 76.3 Å². The molecule has 0 unspecified atom stereocenters. The van der Waals surface area contributed by atoms with Crippen LogP contribution in [0, 0.1) is 0 Å². The molecule has 2 heterocycles. The van der Waals surface area contributed by atoms with Crippen molar-refractivity contribution in [2.75, 3.05) is 6.54 Å². The minimum Gasteiger partial charge on any atom is -0.338 e. The van der Waals surface area contributed by atoms with Crippen molar-refractivity contribution in [2.24, 2.45) is 0 Å². The number of piperidine rings is 1. The SMILES string of the molecule is CCCc1noc([C@@H]2CCCCN2S(=O)(=O)c2ccccc2)n1. The Balaban J connectivity index is 1.92. The van der Waals surface area contributed by atoms with Gasteiger partial charge < -0.3 is 4.52 Å². The van der Waals surface area contributed by atoms with E-state index in [9.17, 15) is 8.42 Å². The third kappa shape index (κ3) is 3.30. The molecule has 1 aliphatic rings. The smallest absolute Gasteiger partial charge is 0.245 e. The quantitative estimate of drug-likeness (QED) is 0.839. The fraction of sp³-hybridized carbons (Fsp3) is 0.500. The minimum atomic E-state index is -3.56. The fourth-order valence-electron chi connectivity index (χ4n) is 2.90. The maximum absolute atomic E-state index is 12.9. The zero-order valence-corrected chi connectivity index (χ0v) is 14.0. The Labute approximate surface area is 136 Å². The number of sulfonamides is 1. The van der Waals surface area contributed by atoms with E-state index in [1.54, 1.807) is 24.3 Å². The van der Waals surface area contributed by atoms with Gasteiger partial charge in [-0.3, -0.25) is 0 Å². The molecule has 23 heavy (non-hydrogen) atoms. The molecule has 0 spiro atoms. The summed E-state index contributed by atoms with van der Waals surface area (Å²) in [4.78, 5) is 4.70. The molecule has 1 atom stereocenters. The standard InChI is InChI=1S/C16H21N3O3S/c1-2-8-15-17-16(22-18-15)14-11-6-7-12-19(14)23(20,21)13-9-4-3-5-10-13/h3-5,9-10,14H,2,6-8,11-12H2,1H3/t14-/m0/s1. The monoisotopic (exact) mass is 335 g/mol. The Morgan fingerprint density at radius 1 is 1.26 bits per heavy atom. The number of nitrogens with zero attached hydrogens (tertiary/aromatic N) is 3. The molecule has 0 saturated carbocycles. The molecular weight excluding hydrogens is 314 g/mol. The lowest BCUT2D eigenvalue weighted by Gasteiger charge is -2.32. The van der Waals surface area contributed by atoms with Crippen LogP contribution in [0.1, 0.15) is 50.4 Å². The van der Waals surface area contributed by atoms with E-state index in [-0.39, 0.29) is 6.04 Å². The van der Waals surface area contributed by atoms with Gasteiger partial charge in [-0.15, -0.1) is 0 Å². The summed E-state index contributed by atoms with van der Waals surface area (Å²) in [6.45, 7) is 2.52. The van der Waals surface area contributed by atoms with Crippen LogP contribution >= 0.6 is 0 Å². The normalized spacial score (nSPS) is 19.8. The van der Waals surface area contributed by atoms with E-state index in [1.807, 2.05) is 13.0 Å². The third-order valence-corrected chi connectivity index (χ3v) is 5.97. The summed E-state index contributed by atoms with van der Waals surface area (Å²) in [5.74, 6) is 1.05. The Hall–Kier alpha value is -1.73. The van der Waals surface area contributed by atoms with Crippen molar-refractivity contribution < 1.29 is 12.9 Å². The Morgan fingerprint density at radius 3 is 2.78 bits per heavy atom. The average Bonchev–Trinajstić information content (AvgIpc) is 3.05. The highest BCUT2D eigenvalue weighted by Crippen LogP contribution is 2.34. The van der Waals surface area contributed by atoms with Crippen LogP contribution in [0.2, 0.25) is 0 Å². The summed E-state index contributed by atoms with van der Waals surface area (Å²) in [7, 11) is -3.56. The van der Waals surface area contributed by atoms with Gasteiger partial charge in [-0.1, -0.05) is 36.7 Å². The van der Waals surface area contributed by atoms with Gasteiger partial charge in [0.05, 0.1) is 4.90 Å². The Morgan fingerprint density at radius 2 is 2.04 bits per heavy atom. The maximum Gasteiger partial charge on any atom is 0.245 e. The average molecular weight is 335 g/mol. The second kappa shape index (κ2) is 6.80. The van der Waals surface area contributed by atoms with Gasteiger partial charge in [-0.25, -0.2) is 8.42 Å². The van der Waals surface area contributed by atoms with Crippen molar-refractivity contribution in [1.82, 2.24) is 14.4 Å². The number of benzene rings is 1. The van der Waals surface area contributed by atoms with Gasteiger partial charge in [0.25, 0.3) is 0 Å². The third-order valence-electron chi connectivity index (χ3n) is 4.05. The molecule has 7 heteroatoms. The molecule has 1 saturated heterocycles. The highest BCUT2D eigenvalue weighted by Gasteiger charge is 2.37. The van der Waals surface area contributed by atoms with Crippen LogP contribution in [0.25, 0.3) is 0 Å². The highest BCUT2D eigenvalue weighted by molar-refractivity contribution is 7.89. The van der Waals surface area contributed by atoms with E-state index in [0.29, 0.717) is 29.6 Å². The summed E-state index contributed by atoms with van der Waals surface area (Å²) in [6, 6.07) is 8.15. The summed E-state index contributed by atoms with van der Waals surface area (Å²) in [5.41, 5.74) is 0. The molecule has 0 bridgehead atoms. The van der Waals surface area contributed by atoms with Crippen LogP contribution < -0.4 is 0 Å². The zero-order valence-electron chi connectivity index (χ0n) is 13.2. The first-order valence-electron chi connectivity index (χ1n) is 8.02. The van der Waals surface area contributed by atoms with Crippen LogP contribution in [0.4, 0.5) is 0 Å². The van der Waals surface area contributed by atoms with E-state index in [1.165, 1.54) is 4.31 Å². The Kier molecular flexibility index (Phi) is 4.77. The summed E-state index contributed by atoms with van der Waals surface area (Å²) >= 11 is 0. The molecule has 6 nitrogen and oxygen atoms in total. The molecular formula is C16H21N3O3S. The van der Waals surface area contributed by atoms with Crippen molar-refractivity contribution in [1.29, 1.82) is 0 Å². The molecule has 0 N–H and O–H groups in total. The fourth-order valence-corrected chi connectivity index (χ4v) is 4.57. The summed E-state index contributed by atoms with van der Waals surface area (Å²) < 4.78 is 32.7. The first kappa shape index (κ1) is 16.1. The van der Waals surface area contributed by atoms with E-state index in [2.05, 4.69) is 10.1 Å². The first-order valence-corrected chi connectivity index (χ1v) is 9.46. The number of rotatable bonds is 5. The zero-order chi connectivity index (χ0) is 16.3. The molecule has 1 fully saturated rings. The lowest BCUT2D eigenvalue weighted by atomic mass is 10.1. The first-order chi connectivity index (χ1) is 11.1. The van der Waals surface area contributed by atoms with E-state index >= 15 is 0 Å². The molecule has 0 radical (unpaired) electrons. The van der Waals surface area contributed by atoms with Crippen molar-refractivity contribution in [2.45, 2.75) is 50.0 Å². The van der Waals surface area contributed by atoms with Crippen molar-refractivity contribution >= 4 is 10.0 Å². The Bertz CT molecular complexity index is 743. The second-order valence-corrected chi connectivity index (χ2v) is 7.63. The predicted molar refractivity (Wildman–Crippen MR) is 85.2 cm³/mol. The van der Waals surface area contributed by atoms with Gasteiger partial charge in [0.15, 0.2) is 5.82 Å². The van der Waals surface area contributed by atoms with Crippen molar-refractivity contribution in [3.8, 4) is 0 Å². The van der Waals surface area contributed by atoms with Crippen molar-refractivity contribution in [3.05, 3.63) is 42.0 Å². The molecule has 1 aliphatic heterocycles. The molecule has 3 rings (SSSR count). The lowest BCUT2D eigenvalue weighted by Crippen LogP contribution is -2.38. The molecule has 0 aliphatic carbocycles. The van der Waals surface area contributed by atoms with Crippen LogP contribution in [0.5, 0.6) is 0 Å². The molecule has 1 aromatic carbocycles. The summed E-state index contributed by atoms with van der Waals surface area (Å²) in [6.07, 6.45) is 4.17. The summed E-state index contributed by atoms with van der Waals surface area (Å²) in [5, 5.41) is 3.96. The predicted octanol–water partition coefficient (Wildman–Crippen LogP) is 2.94. The molecule has 0 amide bonds. The lowest BCUT2D eigenvalue weighted by molar-refractivity contribution is 0.204. The number of aryl methyl sites for hydroxylation is 1. The van der Waals surface area contributed by atoms with Gasteiger partial charge >= 0.3 is 0 Å². The second-order valence-electron chi connectivity index (χ2n) is 5.74. The molecule has 2 aromatic rings. The highest BCUT2D eigenvalue weighted by atomic mass is 32.2. The van der Waals surface area contributed by atoms with Gasteiger partial charge in [0, 0.05) is 13.0 Å². The maximum atomic E-state index is 12.9. The molecule has 124 valence electrons. The van der Waals surface area contributed by atoms with Crippen molar-refractivity contribution in [3.63, 3.8) is 0 Å². The van der Waals surface area contributed by atoms with Gasteiger partial charge in [0.2, 0.25) is 15.9 Å². The number of aromatic nitrogens is 2. The van der Waals surface area contributed by atoms with Crippen LogP contribution in [-0.2, 0) is 16.4 Å². The van der Waals surface area contributed by atoms with Crippen LogP contribution in [0.15, 0.2) is 39.8 Å². The molecule has 1 aromatic heterocycles. The van der Waals surface area contributed by atoms with Crippen LogP contribution in [-0.4, -0.2) is 29.4 Å². The largest absolute Gasteiger partial charge is 0.338 e. The van der Waals surface area contributed by atoms with Crippen LogP contribution in [0.3, 0.4) is 0 Å². The van der Waals surface area contributed by atoms with Gasteiger partial charge in [-0.05, 0) is 31.4 Å². The van der Waals surface area contributed by atoms with E-state index in [4.69, 9.17) is 4.52 Å². The van der Waals surface area contributed by atoms with Gasteiger partial charge in [0.1, 0.15) is 6.04 Å².